The molecular formula is C8H15O3P. The Morgan fingerprint density at radius 3 is 1.75 bits per heavy atom. The number of rotatable bonds is 5. The van der Waals surface area contributed by atoms with Crippen molar-refractivity contribution in [3.63, 3.8) is 0 Å². The van der Waals surface area contributed by atoms with Gasteiger partial charge in [0.25, 0.3) is 0 Å². The minimum atomic E-state index is -3.01. The first-order valence-electron chi connectivity index (χ1n) is 3.69. The van der Waals surface area contributed by atoms with Crippen molar-refractivity contribution in [3.05, 3.63) is 24.7 Å². The topological polar surface area (TPSA) is 35.5 Å². The van der Waals surface area contributed by atoms with Crippen LogP contribution >= 0.6 is 7.60 Å². The molecule has 0 aromatic rings. The Morgan fingerprint density at radius 1 is 1.25 bits per heavy atom. The van der Waals surface area contributed by atoms with Gasteiger partial charge in [-0.3, -0.25) is 0 Å². The SMILES string of the molecule is C=C(C)OP(=O)(CC)OC(=C)C. The summed E-state index contributed by atoms with van der Waals surface area (Å²) >= 11 is 0. The lowest BCUT2D eigenvalue weighted by atomic mass is 10.7. The van der Waals surface area contributed by atoms with E-state index in [0.29, 0.717) is 17.7 Å². The van der Waals surface area contributed by atoms with Gasteiger partial charge in [0.1, 0.15) is 0 Å². The third-order valence-electron chi connectivity index (χ3n) is 0.977. The Hall–Kier alpha value is -0.690. The van der Waals surface area contributed by atoms with E-state index in [1.165, 1.54) is 0 Å². The number of hydrogen-bond acceptors (Lipinski definition) is 3. The van der Waals surface area contributed by atoms with Crippen molar-refractivity contribution in [2.75, 3.05) is 6.16 Å². The van der Waals surface area contributed by atoms with Crippen molar-refractivity contribution in [3.8, 4) is 0 Å². The van der Waals surface area contributed by atoms with Crippen molar-refractivity contribution in [1.82, 2.24) is 0 Å². The second kappa shape index (κ2) is 4.36. The van der Waals surface area contributed by atoms with Crippen LogP contribution in [0, 0.1) is 0 Å². The quantitative estimate of drug-likeness (QED) is 0.492. The van der Waals surface area contributed by atoms with Gasteiger partial charge in [-0.15, -0.1) is 0 Å². The molecule has 70 valence electrons. The minimum absolute atomic E-state index is 0.312. The van der Waals surface area contributed by atoms with Gasteiger partial charge in [0, 0.05) is 0 Å². The zero-order valence-electron chi connectivity index (χ0n) is 7.79. The van der Waals surface area contributed by atoms with E-state index in [1.54, 1.807) is 20.8 Å². The second-order valence-corrected chi connectivity index (χ2v) is 4.73. The van der Waals surface area contributed by atoms with E-state index >= 15 is 0 Å². The zero-order chi connectivity index (χ0) is 9.78. The van der Waals surface area contributed by atoms with Crippen molar-refractivity contribution in [2.24, 2.45) is 0 Å². The van der Waals surface area contributed by atoms with Crippen LogP contribution < -0.4 is 0 Å². The first kappa shape index (κ1) is 11.3. The zero-order valence-corrected chi connectivity index (χ0v) is 8.69. The Labute approximate surface area is 73.6 Å². The lowest BCUT2D eigenvalue weighted by Gasteiger charge is -2.17. The molecule has 0 aromatic carbocycles. The first-order chi connectivity index (χ1) is 5.39. The van der Waals surface area contributed by atoms with Crippen molar-refractivity contribution >= 4 is 7.60 Å². The normalized spacial score (nSPS) is 10.6. The molecule has 0 unspecified atom stereocenters. The number of allylic oxidation sites excluding steroid dienone is 2. The molecule has 0 N–H and O–H groups in total. The maximum Gasteiger partial charge on any atom is 0.429 e. The summed E-state index contributed by atoms with van der Waals surface area (Å²) in [6.07, 6.45) is 0.312. The third-order valence-corrected chi connectivity index (χ3v) is 2.93. The predicted molar refractivity (Wildman–Crippen MR) is 49.9 cm³/mol. The van der Waals surface area contributed by atoms with Crippen molar-refractivity contribution < 1.29 is 13.6 Å². The van der Waals surface area contributed by atoms with Gasteiger partial charge in [-0.2, -0.15) is 0 Å². The smallest absolute Gasteiger partial charge is 0.422 e. The van der Waals surface area contributed by atoms with Gasteiger partial charge >= 0.3 is 7.60 Å². The van der Waals surface area contributed by atoms with Gasteiger partial charge in [0.05, 0.1) is 17.7 Å². The molecule has 0 spiro atoms. The van der Waals surface area contributed by atoms with E-state index in [1.807, 2.05) is 0 Å². The molecule has 0 fully saturated rings. The van der Waals surface area contributed by atoms with Crippen LogP contribution in [0.3, 0.4) is 0 Å². The van der Waals surface area contributed by atoms with Crippen LogP contribution in [0.25, 0.3) is 0 Å². The van der Waals surface area contributed by atoms with Crippen LogP contribution in [-0.4, -0.2) is 6.16 Å². The maximum absolute atomic E-state index is 11.6. The van der Waals surface area contributed by atoms with Crippen molar-refractivity contribution in [1.29, 1.82) is 0 Å². The first-order valence-corrected chi connectivity index (χ1v) is 5.41. The molecule has 0 saturated heterocycles. The summed E-state index contributed by atoms with van der Waals surface area (Å²) in [5.41, 5.74) is 0. The summed E-state index contributed by atoms with van der Waals surface area (Å²) in [5.74, 6) is 0.780. The number of hydrogen-bond donors (Lipinski definition) is 0. The molecule has 0 aliphatic carbocycles. The fraction of sp³-hybridized carbons (Fsp3) is 0.500. The van der Waals surface area contributed by atoms with Crippen LogP contribution in [0.4, 0.5) is 0 Å². The molecule has 3 nitrogen and oxygen atoms in total. The highest BCUT2D eigenvalue weighted by molar-refractivity contribution is 7.54. The average molecular weight is 190 g/mol. The summed E-state index contributed by atoms with van der Waals surface area (Å²) in [4.78, 5) is 0. The van der Waals surface area contributed by atoms with Gasteiger partial charge in [-0.25, -0.2) is 4.57 Å². The summed E-state index contributed by atoms with van der Waals surface area (Å²) in [6, 6.07) is 0. The summed E-state index contributed by atoms with van der Waals surface area (Å²) in [6.45, 7) is 12.0. The monoisotopic (exact) mass is 190 g/mol. The second-order valence-electron chi connectivity index (χ2n) is 2.51. The summed E-state index contributed by atoms with van der Waals surface area (Å²) in [5, 5.41) is 0. The van der Waals surface area contributed by atoms with E-state index in [-0.39, 0.29) is 0 Å². The molecule has 0 aliphatic heterocycles. The van der Waals surface area contributed by atoms with E-state index in [2.05, 4.69) is 13.2 Å². The Kier molecular flexibility index (Phi) is 4.11. The Bertz CT molecular complexity index is 212. The van der Waals surface area contributed by atoms with Gasteiger partial charge < -0.3 is 9.05 Å². The molecule has 0 saturated carbocycles. The van der Waals surface area contributed by atoms with Crippen LogP contribution in [0.5, 0.6) is 0 Å². The van der Waals surface area contributed by atoms with E-state index < -0.39 is 7.60 Å². The highest BCUT2D eigenvalue weighted by Crippen LogP contribution is 2.50. The molecule has 4 heteroatoms. The molecule has 0 aromatic heterocycles. The predicted octanol–water partition coefficient (Wildman–Crippen LogP) is 3.30. The largest absolute Gasteiger partial charge is 0.429 e. The average Bonchev–Trinajstić information content (AvgIpc) is 1.83. The highest BCUT2D eigenvalue weighted by Gasteiger charge is 2.23. The molecule has 0 atom stereocenters. The van der Waals surface area contributed by atoms with Crippen LogP contribution in [0.1, 0.15) is 20.8 Å². The summed E-state index contributed by atoms with van der Waals surface area (Å²) < 4.78 is 21.6. The third kappa shape index (κ3) is 4.24. The van der Waals surface area contributed by atoms with E-state index in [9.17, 15) is 4.57 Å². The standard InChI is InChI=1S/C8H15O3P/c1-6-12(9,10-7(2)3)11-8(4)5/h2,4,6H2,1,3,5H3. The lowest BCUT2D eigenvalue weighted by Crippen LogP contribution is -1.94. The molecule has 0 bridgehead atoms. The summed E-state index contributed by atoms with van der Waals surface area (Å²) in [7, 11) is -3.01. The van der Waals surface area contributed by atoms with Crippen LogP contribution in [0.2, 0.25) is 0 Å². The molecule has 12 heavy (non-hydrogen) atoms. The molecule has 0 radical (unpaired) electrons. The fourth-order valence-electron chi connectivity index (χ4n) is 0.623. The van der Waals surface area contributed by atoms with E-state index in [0.717, 1.165) is 0 Å². The molecule has 0 amide bonds. The van der Waals surface area contributed by atoms with Crippen LogP contribution in [0.15, 0.2) is 24.7 Å². The van der Waals surface area contributed by atoms with Gasteiger partial charge in [-0.05, 0) is 13.8 Å². The van der Waals surface area contributed by atoms with Gasteiger partial charge in [-0.1, -0.05) is 20.1 Å². The minimum Gasteiger partial charge on any atom is -0.422 e. The Balaban J connectivity index is 4.35. The molecule has 0 heterocycles. The molecule has 0 aliphatic rings. The van der Waals surface area contributed by atoms with Gasteiger partial charge in [0.15, 0.2) is 0 Å². The maximum atomic E-state index is 11.6. The lowest BCUT2D eigenvalue weighted by molar-refractivity contribution is 0.293. The van der Waals surface area contributed by atoms with Crippen LogP contribution in [-0.2, 0) is 13.6 Å². The Morgan fingerprint density at radius 2 is 1.58 bits per heavy atom. The molecule has 0 rings (SSSR count). The van der Waals surface area contributed by atoms with Crippen molar-refractivity contribution in [2.45, 2.75) is 20.8 Å². The van der Waals surface area contributed by atoms with Gasteiger partial charge in [0.2, 0.25) is 0 Å². The molecular weight excluding hydrogens is 175 g/mol. The fourth-order valence-corrected chi connectivity index (χ4v) is 1.87. The highest BCUT2D eigenvalue weighted by atomic mass is 31.2. The van der Waals surface area contributed by atoms with E-state index in [4.69, 9.17) is 9.05 Å².